The van der Waals surface area contributed by atoms with Crippen LogP contribution in [0.2, 0.25) is 0 Å². The van der Waals surface area contributed by atoms with Gasteiger partial charge in [0.05, 0.1) is 25.9 Å². The van der Waals surface area contributed by atoms with Gasteiger partial charge in [0.1, 0.15) is 17.2 Å². The van der Waals surface area contributed by atoms with Gasteiger partial charge in [0, 0.05) is 45.6 Å². The molecule has 2 aromatic carbocycles. The number of hydrogen-bond donors (Lipinski definition) is 0. The Morgan fingerprint density at radius 3 is 2.12 bits per heavy atom. The third-order valence-electron chi connectivity index (χ3n) is 8.47. The maximum Gasteiger partial charge on any atom is 0.411 e. The molecule has 42 heavy (non-hydrogen) atoms. The molecule has 3 aliphatic heterocycles. The lowest BCUT2D eigenvalue weighted by Gasteiger charge is -2.42. The molecular weight excluding hydrogens is 580 g/mol. The van der Waals surface area contributed by atoms with Crippen molar-refractivity contribution in [3.05, 3.63) is 65.5 Å². The van der Waals surface area contributed by atoms with Gasteiger partial charge in [0.2, 0.25) is 0 Å². The maximum atomic E-state index is 13.7. The first-order chi connectivity index (χ1) is 19.4. The number of carbonyl (C=O) groups excluding carboxylic acids is 1. The first-order valence-corrected chi connectivity index (χ1v) is 14.9. The highest BCUT2D eigenvalue weighted by atomic mass is 35.5. The number of nitrogens with zero attached hydrogens (tertiary/aromatic N) is 3. The molecule has 0 bridgehead atoms. The van der Waals surface area contributed by atoms with E-state index in [1.54, 1.807) is 0 Å². The second-order valence-corrected chi connectivity index (χ2v) is 11.9. The molecule has 3 aliphatic rings. The minimum absolute atomic E-state index is 0. The third kappa shape index (κ3) is 8.96. The summed E-state index contributed by atoms with van der Waals surface area (Å²) in [7, 11) is 0. The van der Waals surface area contributed by atoms with Crippen LogP contribution in [0.25, 0.3) is 0 Å². The number of ether oxygens (including phenoxy) is 3. The van der Waals surface area contributed by atoms with Crippen molar-refractivity contribution in [3.63, 3.8) is 0 Å². The van der Waals surface area contributed by atoms with E-state index in [1.165, 1.54) is 12.1 Å². The Hall–Kier alpha value is -2.10. The normalized spacial score (nSPS) is 20.7. The van der Waals surface area contributed by atoms with E-state index in [0.717, 1.165) is 88.6 Å². The van der Waals surface area contributed by atoms with Gasteiger partial charge in [-0.1, -0.05) is 38.1 Å². The predicted octanol–water partition coefficient (Wildman–Crippen LogP) is 5.82. The second kappa shape index (κ2) is 16.1. The Labute approximate surface area is 262 Å². The molecule has 3 saturated heterocycles. The van der Waals surface area contributed by atoms with Gasteiger partial charge in [0.15, 0.2) is 0 Å². The van der Waals surface area contributed by atoms with E-state index in [9.17, 15) is 9.18 Å². The highest BCUT2D eigenvalue weighted by Crippen LogP contribution is 2.41. The molecule has 5 rings (SSSR count). The molecule has 1 atom stereocenters. The van der Waals surface area contributed by atoms with E-state index in [0.29, 0.717) is 25.5 Å². The van der Waals surface area contributed by atoms with Crippen molar-refractivity contribution in [2.45, 2.75) is 57.7 Å². The SMILES string of the molecule is CC(C)COc1ccc(CN2C(=O)OC3(CCN(CCCN4CCOCC4)CC3)C2Cc2ccc(F)cc2)cc1.Cl.Cl. The van der Waals surface area contributed by atoms with Crippen molar-refractivity contribution in [2.75, 3.05) is 59.1 Å². The zero-order valence-corrected chi connectivity index (χ0v) is 26.5. The van der Waals surface area contributed by atoms with E-state index < -0.39 is 5.60 Å². The standard InChI is InChI=1S/C32H44FN3O4.2ClH/c1-25(2)24-39-29-10-6-27(7-11-29)23-36-30(22-26-4-8-28(33)9-5-26)32(40-31(36)37)12-16-34(17-13-32)14-3-15-35-18-20-38-21-19-35;;/h4-11,25,30H,3,12-24H2,1-2H3;2*1H. The fourth-order valence-corrected chi connectivity index (χ4v) is 6.11. The summed E-state index contributed by atoms with van der Waals surface area (Å²) in [6.07, 6.45) is 3.13. The van der Waals surface area contributed by atoms with Gasteiger partial charge in [-0.3, -0.25) is 9.80 Å². The number of amides is 1. The topological polar surface area (TPSA) is 54.5 Å². The second-order valence-electron chi connectivity index (χ2n) is 11.9. The highest BCUT2D eigenvalue weighted by Gasteiger charge is 2.54. The summed E-state index contributed by atoms with van der Waals surface area (Å²) in [4.78, 5) is 20.2. The van der Waals surface area contributed by atoms with E-state index in [-0.39, 0.29) is 42.8 Å². The zero-order chi connectivity index (χ0) is 28.0. The van der Waals surface area contributed by atoms with Gasteiger partial charge in [-0.15, -0.1) is 24.8 Å². The quantitative estimate of drug-likeness (QED) is 0.313. The van der Waals surface area contributed by atoms with Crippen molar-refractivity contribution < 1.29 is 23.4 Å². The highest BCUT2D eigenvalue weighted by molar-refractivity contribution is 5.85. The summed E-state index contributed by atoms with van der Waals surface area (Å²) in [5, 5.41) is 0. The summed E-state index contributed by atoms with van der Waals surface area (Å²) in [5.41, 5.74) is 1.52. The van der Waals surface area contributed by atoms with Crippen LogP contribution in [0.15, 0.2) is 48.5 Å². The lowest BCUT2D eigenvalue weighted by Crippen LogP contribution is -2.53. The number of carbonyl (C=O) groups is 1. The molecule has 10 heteroatoms. The minimum Gasteiger partial charge on any atom is -0.493 e. The fourth-order valence-electron chi connectivity index (χ4n) is 6.11. The van der Waals surface area contributed by atoms with E-state index in [1.807, 2.05) is 41.3 Å². The molecule has 1 spiro atoms. The number of benzene rings is 2. The fraction of sp³-hybridized carbons (Fsp3) is 0.594. The molecule has 2 aromatic rings. The van der Waals surface area contributed by atoms with Gasteiger partial charge in [0.25, 0.3) is 0 Å². The smallest absolute Gasteiger partial charge is 0.411 e. The van der Waals surface area contributed by atoms with Crippen molar-refractivity contribution in [1.82, 2.24) is 14.7 Å². The maximum absolute atomic E-state index is 13.7. The number of rotatable bonds is 11. The summed E-state index contributed by atoms with van der Waals surface area (Å²) in [6, 6.07) is 14.5. The largest absolute Gasteiger partial charge is 0.493 e. The van der Waals surface area contributed by atoms with Crippen LogP contribution in [0.1, 0.15) is 44.2 Å². The molecule has 1 unspecified atom stereocenters. The Bertz CT molecular complexity index is 1090. The Balaban J connectivity index is 0.00000242. The molecule has 0 saturated carbocycles. The third-order valence-corrected chi connectivity index (χ3v) is 8.47. The first-order valence-electron chi connectivity index (χ1n) is 14.9. The van der Waals surface area contributed by atoms with Crippen LogP contribution in [0, 0.1) is 11.7 Å². The Morgan fingerprint density at radius 2 is 1.50 bits per heavy atom. The average molecular weight is 627 g/mol. The van der Waals surface area contributed by atoms with Crippen LogP contribution in [0.5, 0.6) is 5.75 Å². The first kappa shape index (κ1) is 34.4. The van der Waals surface area contributed by atoms with Crippen molar-refractivity contribution in [1.29, 1.82) is 0 Å². The van der Waals surface area contributed by atoms with Crippen molar-refractivity contribution in [2.24, 2.45) is 5.92 Å². The molecule has 234 valence electrons. The van der Waals surface area contributed by atoms with Crippen LogP contribution >= 0.6 is 24.8 Å². The van der Waals surface area contributed by atoms with Crippen LogP contribution in [0.3, 0.4) is 0 Å². The molecular formula is C32H46Cl2FN3O4. The van der Waals surface area contributed by atoms with E-state index in [4.69, 9.17) is 14.2 Å². The zero-order valence-electron chi connectivity index (χ0n) is 24.8. The number of likely N-dealkylation sites (tertiary alicyclic amines) is 1. The van der Waals surface area contributed by atoms with Crippen LogP contribution in [-0.2, 0) is 22.4 Å². The lowest BCUT2D eigenvalue weighted by atomic mass is 9.81. The number of halogens is 3. The molecule has 7 nitrogen and oxygen atoms in total. The van der Waals surface area contributed by atoms with Gasteiger partial charge in [-0.25, -0.2) is 9.18 Å². The van der Waals surface area contributed by atoms with Crippen LogP contribution in [-0.4, -0.2) is 91.5 Å². The molecule has 3 heterocycles. The lowest BCUT2D eigenvalue weighted by molar-refractivity contribution is -0.0229. The molecule has 1 amide bonds. The van der Waals surface area contributed by atoms with Gasteiger partial charge < -0.3 is 19.1 Å². The molecule has 0 N–H and O–H groups in total. The Morgan fingerprint density at radius 1 is 0.905 bits per heavy atom. The minimum atomic E-state index is -0.535. The van der Waals surface area contributed by atoms with Crippen molar-refractivity contribution >= 4 is 30.9 Å². The molecule has 0 aliphatic carbocycles. The van der Waals surface area contributed by atoms with Gasteiger partial charge in [-0.2, -0.15) is 0 Å². The average Bonchev–Trinajstić information content (AvgIpc) is 3.20. The van der Waals surface area contributed by atoms with Gasteiger partial charge in [-0.05, 0) is 67.2 Å². The number of hydrogen-bond acceptors (Lipinski definition) is 6. The number of piperidine rings is 1. The van der Waals surface area contributed by atoms with Gasteiger partial charge >= 0.3 is 6.09 Å². The van der Waals surface area contributed by atoms with Crippen LogP contribution in [0.4, 0.5) is 9.18 Å². The summed E-state index contributed by atoms with van der Waals surface area (Å²) < 4.78 is 31.2. The van der Waals surface area contributed by atoms with Crippen molar-refractivity contribution in [3.8, 4) is 5.75 Å². The number of morpholine rings is 1. The summed E-state index contributed by atoms with van der Waals surface area (Å²) >= 11 is 0. The monoisotopic (exact) mass is 625 g/mol. The predicted molar refractivity (Wildman–Crippen MR) is 167 cm³/mol. The molecule has 0 aromatic heterocycles. The summed E-state index contributed by atoms with van der Waals surface area (Å²) in [6.45, 7) is 13.1. The van der Waals surface area contributed by atoms with E-state index in [2.05, 4.69) is 23.6 Å². The van der Waals surface area contributed by atoms with Crippen LogP contribution < -0.4 is 4.74 Å². The molecule has 3 fully saturated rings. The molecule has 0 radical (unpaired) electrons. The summed E-state index contributed by atoms with van der Waals surface area (Å²) in [5.74, 6) is 1.04. The van der Waals surface area contributed by atoms with E-state index >= 15 is 0 Å². The Kier molecular flexibility index (Phi) is 13.2.